The van der Waals surface area contributed by atoms with Gasteiger partial charge >= 0.3 is 0 Å². The van der Waals surface area contributed by atoms with Crippen LogP contribution in [0.25, 0.3) is 0 Å². The first kappa shape index (κ1) is 43.1. The monoisotopic (exact) mass is 822 g/mol. The lowest BCUT2D eigenvalue weighted by Gasteiger charge is -2.52. The second kappa shape index (κ2) is 21.0. The molecule has 0 radical (unpaired) electrons. The van der Waals surface area contributed by atoms with Gasteiger partial charge in [-0.05, 0) is 83.8 Å². The second-order valence-corrected chi connectivity index (χ2v) is 16.1. The number of phenolic OH excluding ortho intramolecular Hbond substituents is 1. The molecule has 6 nitrogen and oxygen atoms in total. The topological polar surface area (TPSA) is 66.4 Å². The molecule has 60 heavy (non-hydrogen) atoms. The van der Waals surface area contributed by atoms with Crippen molar-refractivity contribution in [2.45, 2.75) is 90.1 Å². The zero-order valence-electron chi connectivity index (χ0n) is 34.7. The summed E-state index contributed by atoms with van der Waals surface area (Å²) in [7, 11) is 0. The number of ether oxygens (including phenoxy) is 5. The maximum atomic E-state index is 12.2. The molecule has 0 aromatic heterocycles. The summed E-state index contributed by atoms with van der Waals surface area (Å²) < 4.78 is 35.3. The van der Waals surface area contributed by atoms with E-state index in [4.69, 9.17) is 35.3 Å². The Bertz CT molecular complexity index is 2240. The lowest BCUT2D eigenvalue weighted by molar-refractivity contribution is -0.300. The van der Waals surface area contributed by atoms with Gasteiger partial charge in [-0.25, -0.2) is 0 Å². The Morgan fingerprint density at radius 2 is 1.10 bits per heavy atom. The number of halogens is 1. The quantitative estimate of drug-likeness (QED) is 0.0871. The molecule has 0 spiro atoms. The van der Waals surface area contributed by atoms with Crippen molar-refractivity contribution in [3.8, 4) is 5.75 Å². The highest BCUT2D eigenvalue weighted by Gasteiger charge is 2.57. The lowest BCUT2D eigenvalue weighted by atomic mass is 9.77. The van der Waals surface area contributed by atoms with E-state index in [9.17, 15) is 5.11 Å². The first-order valence-electron chi connectivity index (χ1n) is 20.8. The molecule has 1 aliphatic heterocycles. The Morgan fingerprint density at radius 3 is 1.62 bits per heavy atom. The highest BCUT2D eigenvalue weighted by Crippen LogP contribution is 2.49. The summed E-state index contributed by atoms with van der Waals surface area (Å²) in [6.45, 7) is 7.61. The summed E-state index contributed by atoms with van der Waals surface area (Å²) in [6, 6.07) is 52.5. The summed E-state index contributed by atoms with van der Waals surface area (Å²) in [5, 5.41) is 12.6. The van der Waals surface area contributed by atoms with Gasteiger partial charge in [-0.3, -0.25) is 0 Å². The van der Waals surface area contributed by atoms with Crippen LogP contribution in [-0.2, 0) is 68.6 Å². The molecule has 7 heteroatoms. The van der Waals surface area contributed by atoms with Crippen LogP contribution in [0.15, 0.2) is 169 Å². The molecular formula is C53H55ClO6. The SMILES string of the molecule is CCc1ccc(Cc2cc([C@]3(C=C(C)C)O[C@H](COCc4ccccc4)[C@@H](OCc4ccccc4)[C@@H](OCc4ccccc4)[C@@H]3OCc3ccccc3)c(O)cc2Cl)cc1. The van der Waals surface area contributed by atoms with Gasteiger partial charge in [0, 0.05) is 10.6 Å². The molecule has 0 aliphatic carbocycles. The van der Waals surface area contributed by atoms with E-state index in [-0.39, 0.29) is 25.6 Å². The summed E-state index contributed by atoms with van der Waals surface area (Å²) in [5.74, 6) is -0.00897. The van der Waals surface area contributed by atoms with Gasteiger partial charge in [-0.1, -0.05) is 170 Å². The van der Waals surface area contributed by atoms with Crippen molar-refractivity contribution in [1.82, 2.24) is 0 Å². The fourth-order valence-electron chi connectivity index (χ4n) is 7.91. The van der Waals surface area contributed by atoms with E-state index in [1.54, 1.807) is 6.07 Å². The van der Waals surface area contributed by atoms with Crippen molar-refractivity contribution in [3.05, 3.63) is 219 Å². The number of hydrogen-bond acceptors (Lipinski definition) is 6. The fourth-order valence-corrected chi connectivity index (χ4v) is 8.14. The van der Waals surface area contributed by atoms with E-state index < -0.39 is 30.0 Å². The molecule has 6 aromatic rings. The van der Waals surface area contributed by atoms with Gasteiger partial charge in [0.25, 0.3) is 0 Å². The molecule has 0 saturated carbocycles. The van der Waals surface area contributed by atoms with Crippen LogP contribution in [0.5, 0.6) is 5.75 Å². The molecule has 1 fully saturated rings. The molecule has 0 amide bonds. The average molecular weight is 823 g/mol. The van der Waals surface area contributed by atoms with Crippen molar-refractivity contribution in [2.24, 2.45) is 0 Å². The number of phenols is 1. The molecule has 1 heterocycles. The third kappa shape index (κ3) is 11.0. The molecule has 0 unspecified atom stereocenters. The zero-order chi connectivity index (χ0) is 41.7. The normalized spacial score (nSPS) is 20.1. The van der Waals surface area contributed by atoms with Crippen LogP contribution in [0.3, 0.4) is 0 Å². The first-order valence-corrected chi connectivity index (χ1v) is 21.2. The molecule has 1 saturated heterocycles. The Hall–Kier alpha value is -5.05. The van der Waals surface area contributed by atoms with Crippen LogP contribution in [-0.4, -0.2) is 36.1 Å². The molecule has 310 valence electrons. The van der Waals surface area contributed by atoms with Gasteiger partial charge < -0.3 is 28.8 Å². The predicted octanol–water partition coefficient (Wildman–Crippen LogP) is 11.7. The van der Waals surface area contributed by atoms with Crippen LogP contribution in [0.4, 0.5) is 0 Å². The number of rotatable bonds is 18. The van der Waals surface area contributed by atoms with Gasteiger partial charge in [0.15, 0.2) is 0 Å². The lowest BCUT2D eigenvalue weighted by Crippen LogP contribution is -2.65. The Balaban J connectivity index is 1.38. The third-order valence-corrected chi connectivity index (χ3v) is 11.3. The highest BCUT2D eigenvalue weighted by molar-refractivity contribution is 6.31. The summed E-state index contributed by atoms with van der Waals surface area (Å²) in [4.78, 5) is 0. The summed E-state index contributed by atoms with van der Waals surface area (Å²) >= 11 is 6.99. The van der Waals surface area contributed by atoms with E-state index in [2.05, 4.69) is 37.3 Å². The van der Waals surface area contributed by atoms with Crippen molar-refractivity contribution >= 4 is 11.6 Å². The van der Waals surface area contributed by atoms with Crippen LogP contribution in [0.1, 0.15) is 65.3 Å². The molecule has 7 rings (SSSR count). The minimum Gasteiger partial charge on any atom is -0.507 e. The van der Waals surface area contributed by atoms with E-state index in [1.165, 1.54) is 5.56 Å². The largest absolute Gasteiger partial charge is 0.507 e. The highest BCUT2D eigenvalue weighted by atomic mass is 35.5. The molecule has 1 aliphatic rings. The smallest absolute Gasteiger partial charge is 0.144 e. The van der Waals surface area contributed by atoms with Crippen molar-refractivity contribution in [2.75, 3.05) is 6.61 Å². The molecular weight excluding hydrogens is 768 g/mol. The minimum atomic E-state index is -1.39. The zero-order valence-corrected chi connectivity index (χ0v) is 35.5. The van der Waals surface area contributed by atoms with E-state index >= 15 is 0 Å². The van der Waals surface area contributed by atoms with Crippen molar-refractivity contribution in [1.29, 1.82) is 0 Å². The Labute approximate surface area is 360 Å². The number of aromatic hydroxyl groups is 1. The van der Waals surface area contributed by atoms with Gasteiger partial charge in [-0.2, -0.15) is 0 Å². The molecule has 5 atom stereocenters. The second-order valence-electron chi connectivity index (χ2n) is 15.7. The van der Waals surface area contributed by atoms with Gasteiger partial charge in [-0.15, -0.1) is 0 Å². The standard InChI is InChI=1S/C53H55ClO6/c1-4-39-25-27-40(28-26-39)29-45-30-46(48(55)31-47(45)54)53(32-38(2)3)52(59-36-44-23-15-8-16-24-44)51(58-35-43-21-13-7-14-22-43)50(57-34-42-19-11-6-12-20-42)49(60-53)37-56-33-41-17-9-5-10-18-41/h5-28,30-32,49-52,55H,4,29,33-37H2,1-3H3/t49-,50-,51-,52+,53+/m1/s1. The third-order valence-electron chi connectivity index (χ3n) is 10.9. The average Bonchev–Trinajstić information content (AvgIpc) is 3.27. The fraction of sp³-hybridized carbons (Fsp3) is 0.283. The summed E-state index contributed by atoms with van der Waals surface area (Å²) in [5.41, 5.74) is 7.35. The van der Waals surface area contributed by atoms with Gasteiger partial charge in [0.1, 0.15) is 35.8 Å². The minimum absolute atomic E-state index is 0.00897. The molecule has 1 N–H and O–H groups in total. The van der Waals surface area contributed by atoms with Gasteiger partial charge in [0.05, 0.1) is 33.0 Å². The van der Waals surface area contributed by atoms with Crippen molar-refractivity contribution < 1.29 is 28.8 Å². The van der Waals surface area contributed by atoms with E-state index in [0.717, 1.165) is 45.4 Å². The van der Waals surface area contributed by atoms with Crippen LogP contribution < -0.4 is 0 Å². The Kier molecular flexibility index (Phi) is 15.0. The van der Waals surface area contributed by atoms with Crippen LogP contribution >= 0.6 is 11.6 Å². The van der Waals surface area contributed by atoms with Gasteiger partial charge in [0.2, 0.25) is 0 Å². The number of aryl methyl sites for hydroxylation is 1. The van der Waals surface area contributed by atoms with E-state index in [0.29, 0.717) is 30.2 Å². The van der Waals surface area contributed by atoms with Crippen molar-refractivity contribution in [3.63, 3.8) is 0 Å². The summed E-state index contributed by atoms with van der Waals surface area (Å²) in [6.07, 6.45) is 0.690. The number of allylic oxidation sites excluding steroid dienone is 1. The van der Waals surface area contributed by atoms with Crippen LogP contribution in [0, 0.1) is 0 Å². The first-order chi connectivity index (χ1) is 29.3. The number of benzene rings is 6. The van der Waals surface area contributed by atoms with Crippen LogP contribution in [0.2, 0.25) is 5.02 Å². The maximum Gasteiger partial charge on any atom is 0.144 e. The Morgan fingerprint density at radius 1 is 0.617 bits per heavy atom. The maximum absolute atomic E-state index is 12.2. The number of hydrogen-bond donors (Lipinski definition) is 1. The van der Waals surface area contributed by atoms with E-state index in [1.807, 2.05) is 141 Å². The predicted molar refractivity (Wildman–Crippen MR) is 239 cm³/mol. The molecule has 0 bridgehead atoms. The molecule has 6 aromatic carbocycles.